The highest BCUT2D eigenvalue weighted by Crippen LogP contribution is 2.30. The summed E-state index contributed by atoms with van der Waals surface area (Å²) in [6, 6.07) is 10.6. The number of rotatable bonds is 7. The molecular weight excluding hydrogens is 399 g/mol. The first-order chi connectivity index (χ1) is 14.4. The van der Waals surface area contributed by atoms with Crippen LogP contribution >= 0.6 is 0 Å². The van der Waals surface area contributed by atoms with Crippen molar-refractivity contribution in [1.29, 1.82) is 0 Å². The summed E-state index contributed by atoms with van der Waals surface area (Å²) in [6.45, 7) is 0. The fraction of sp³-hybridized carbons (Fsp3) is 0. The Hall–Kier alpha value is -4.61. The third kappa shape index (κ3) is 4.44. The number of carbonyl (C=O) groups is 2. The molecule has 0 unspecified atom stereocenters. The molecule has 0 bridgehead atoms. The van der Waals surface area contributed by atoms with Crippen LogP contribution in [0.4, 0.5) is 27.4 Å². The topological polar surface area (TPSA) is 159 Å². The SMILES string of the molecule is O=C(O)c1ccc(Nc2ncnc(NNC(=O)c3ccccc3F)c2[N+](=O)[O-])cc1. The Morgan fingerprint density at radius 1 is 1.03 bits per heavy atom. The molecule has 3 rings (SSSR count). The Balaban J connectivity index is 1.82. The number of nitrogens with one attached hydrogen (secondary N) is 3. The van der Waals surface area contributed by atoms with Gasteiger partial charge in [-0.15, -0.1) is 0 Å². The Morgan fingerprint density at radius 3 is 2.33 bits per heavy atom. The van der Waals surface area contributed by atoms with Gasteiger partial charge in [0.25, 0.3) is 5.91 Å². The van der Waals surface area contributed by atoms with Gasteiger partial charge < -0.3 is 10.4 Å². The van der Waals surface area contributed by atoms with Crippen LogP contribution in [-0.2, 0) is 0 Å². The van der Waals surface area contributed by atoms with Crippen molar-refractivity contribution in [3.63, 3.8) is 0 Å². The highest BCUT2D eigenvalue weighted by atomic mass is 19.1. The zero-order chi connectivity index (χ0) is 21.7. The van der Waals surface area contributed by atoms with Crippen molar-refractivity contribution in [2.75, 3.05) is 10.7 Å². The summed E-state index contributed by atoms with van der Waals surface area (Å²) in [4.78, 5) is 41.3. The van der Waals surface area contributed by atoms with Gasteiger partial charge in [-0.25, -0.2) is 19.2 Å². The monoisotopic (exact) mass is 412 g/mol. The number of aromatic carboxylic acids is 1. The minimum atomic E-state index is -1.12. The van der Waals surface area contributed by atoms with Crippen LogP contribution in [0.3, 0.4) is 0 Å². The molecular formula is C18H13FN6O5. The number of benzene rings is 2. The molecule has 0 saturated carbocycles. The lowest BCUT2D eigenvalue weighted by Gasteiger charge is -2.11. The number of hydrazine groups is 1. The molecule has 0 aliphatic heterocycles. The number of nitro groups is 1. The molecule has 152 valence electrons. The maximum atomic E-state index is 13.7. The van der Waals surface area contributed by atoms with Gasteiger partial charge in [-0.05, 0) is 36.4 Å². The van der Waals surface area contributed by atoms with E-state index in [0.717, 1.165) is 12.4 Å². The molecule has 0 radical (unpaired) electrons. The van der Waals surface area contributed by atoms with Crippen LogP contribution < -0.4 is 16.2 Å². The van der Waals surface area contributed by atoms with Crippen LogP contribution in [-0.4, -0.2) is 31.9 Å². The minimum absolute atomic E-state index is 0.0379. The van der Waals surface area contributed by atoms with Crippen molar-refractivity contribution in [3.05, 3.63) is 81.9 Å². The molecule has 0 atom stereocenters. The van der Waals surface area contributed by atoms with E-state index in [2.05, 4.69) is 26.1 Å². The fourth-order valence-electron chi connectivity index (χ4n) is 2.40. The summed E-state index contributed by atoms with van der Waals surface area (Å²) in [5.41, 5.74) is 3.96. The molecule has 0 spiro atoms. The van der Waals surface area contributed by atoms with E-state index in [-0.39, 0.29) is 22.8 Å². The minimum Gasteiger partial charge on any atom is -0.478 e. The Labute approximate surface area is 167 Å². The summed E-state index contributed by atoms with van der Waals surface area (Å²) < 4.78 is 13.7. The van der Waals surface area contributed by atoms with Gasteiger partial charge in [0, 0.05) is 5.69 Å². The molecule has 1 aromatic heterocycles. The van der Waals surface area contributed by atoms with E-state index in [9.17, 15) is 24.1 Å². The van der Waals surface area contributed by atoms with Crippen molar-refractivity contribution in [2.24, 2.45) is 0 Å². The van der Waals surface area contributed by atoms with Crippen molar-refractivity contribution in [1.82, 2.24) is 15.4 Å². The van der Waals surface area contributed by atoms with E-state index in [0.29, 0.717) is 5.69 Å². The second kappa shape index (κ2) is 8.60. The highest BCUT2D eigenvalue weighted by Gasteiger charge is 2.24. The lowest BCUT2D eigenvalue weighted by atomic mass is 10.2. The third-order valence-corrected chi connectivity index (χ3v) is 3.81. The molecule has 1 amide bonds. The summed E-state index contributed by atoms with van der Waals surface area (Å²) in [5, 5.41) is 23.2. The number of nitrogens with zero attached hydrogens (tertiary/aromatic N) is 3. The lowest BCUT2D eigenvalue weighted by molar-refractivity contribution is -0.383. The summed E-state index contributed by atoms with van der Waals surface area (Å²) >= 11 is 0. The van der Waals surface area contributed by atoms with Crippen LogP contribution in [0.15, 0.2) is 54.9 Å². The molecule has 11 nitrogen and oxygen atoms in total. The van der Waals surface area contributed by atoms with Crippen LogP contribution in [0, 0.1) is 15.9 Å². The second-order valence-corrected chi connectivity index (χ2v) is 5.74. The fourth-order valence-corrected chi connectivity index (χ4v) is 2.40. The summed E-state index contributed by atoms with van der Waals surface area (Å²) in [6.07, 6.45) is 1.01. The van der Waals surface area contributed by atoms with Crippen LogP contribution in [0.2, 0.25) is 0 Å². The van der Waals surface area contributed by atoms with E-state index in [1.54, 1.807) is 0 Å². The smallest absolute Gasteiger partial charge is 0.355 e. The molecule has 12 heteroatoms. The average Bonchev–Trinajstić information content (AvgIpc) is 2.72. The number of hydrogen-bond donors (Lipinski definition) is 4. The molecule has 0 aliphatic carbocycles. The zero-order valence-corrected chi connectivity index (χ0v) is 15.0. The van der Waals surface area contributed by atoms with Crippen molar-refractivity contribution in [2.45, 2.75) is 0 Å². The molecule has 0 aliphatic rings. The number of aromatic nitrogens is 2. The molecule has 30 heavy (non-hydrogen) atoms. The first kappa shape index (κ1) is 20.1. The van der Waals surface area contributed by atoms with E-state index in [4.69, 9.17) is 5.11 Å². The third-order valence-electron chi connectivity index (χ3n) is 3.81. The number of amides is 1. The number of hydrogen-bond acceptors (Lipinski definition) is 8. The average molecular weight is 412 g/mol. The maximum absolute atomic E-state index is 13.7. The van der Waals surface area contributed by atoms with Gasteiger partial charge in [-0.3, -0.25) is 25.8 Å². The number of halogens is 1. The zero-order valence-electron chi connectivity index (χ0n) is 15.0. The van der Waals surface area contributed by atoms with E-state index in [1.807, 2.05) is 0 Å². The van der Waals surface area contributed by atoms with E-state index >= 15 is 0 Å². The number of carboxylic acid groups (broad SMARTS) is 1. The Bertz CT molecular complexity index is 1120. The van der Waals surface area contributed by atoms with Gasteiger partial charge in [0.05, 0.1) is 16.1 Å². The molecule has 0 fully saturated rings. The van der Waals surface area contributed by atoms with Crippen LogP contribution in [0.1, 0.15) is 20.7 Å². The van der Waals surface area contributed by atoms with Crippen LogP contribution in [0.25, 0.3) is 0 Å². The summed E-state index contributed by atoms with van der Waals surface area (Å²) in [5.74, 6) is -3.29. The second-order valence-electron chi connectivity index (χ2n) is 5.74. The van der Waals surface area contributed by atoms with Gasteiger partial charge in [-0.1, -0.05) is 12.1 Å². The normalized spacial score (nSPS) is 10.2. The highest BCUT2D eigenvalue weighted by molar-refractivity contribution is 5.95. The standard InChI is InChI=1S/C18H13FN6O5/c19-13-4-2-1-3-12(13)17(26)24-23-16-14(25(29)30)15(20-9-21-16)22-11-7-5-10(6-8-11)18(27)28/h1-9H,(H,24,26)(H,27,28)(H2,20,21,22,23). The first-order valence-corrected chi connectivity index (χ1v) is 8.27. The quantitative estimate of drug-likeness (QED) is 0.338. The van der Waals surface area contributed by atoms with Crippen LogP contribution in [0.5, 0.6) is 0 Å². The lowest BCUT2D eigenvalue weighted by Crippen LogP contribution is -2.31. The maximum Gasteiger partial charge on any atom is 0.355 e. The molecule has 2 aromatic carbocycles. The number of carbonyl (C=O) groups excluding carboxylic acids is 1. The largest absolute Gasteiger partial charge is 0.478 e. The Kier molecular flexibility index (Phi) is 5.77. The van der Waals surface area contributed by atoms with Gasteiger partial charge in [0.15, 0.2) is 0 Å². The van der Waals surface area contributed by atoms with E-state index in [1.165, 1.54) is 42.5 Å². The summed E-state index contributed by atoms with van der Waals surface area (Å²) in [7, 11) is 0. The molecule has 4 N–H and O–H groups in total. The van der Waals surface area contributed by atoms with Gasteiger partial charge in [0.1, 0.15) is 12.1 Å². The number of carboxylic acids is 1. The number of anilines is 3. The van der Waals surface area contributed by atoms with E-state index < -0.39 is 28.3 Å². The van der Waals surface area contributed by atoms with Crippen molar-refractivity contribution >= 4 is 34.9 Å². The Morgan fingerprint density at radius 2 is 1.70 bits per heavy atom. The predicted octanol–water partition coefficient (Wildman–Crippen LogP) is 2.72. The predicted molar refractivity (Wildman–Crippen MR) is 103 cm³/mol. The molecule has 0 saturated heterocycles. The van der Waals surface area contributed by atoms with Crippen molar-refractivity contribution < 1.29 is 24.0 Å². The molecule has 1 heterocycles. The van der Waals surface area contributed by atoms with Crippen molar-refractivity contribution in [3.8, 4) is 0 Å². The van der Waals surface area contributed by atoms with Gasteiger partial charge in [0.2, 0.25) is 11.6 Å². The van der Waals surface area contributed by atoms with Gasteiger partial charge >= 0.3 is 11.7 Å². The molecule has 3 aromatic rings. The first-order valence-electron chi connectivity index (χ1n) is 8.27. The van der Waals surface area contributed by atoms with Gasteiger partial charge in [-0.2, -0.15) is 0 Å².